The summed E-state index contributed by atoms with van der Waals surface area (Å²) < 4.78 is 5.60. The first-order valence-electron chi connectivity index (χ1n) is 5.75. The zero-order valence-corrected chi connectivity index (χ0v) is 10.5. The molecule has 0 spiro atoms. The van der Waals surface area contributed by atoms with Gasteiger partial charge in [-0.3, -0.25) is 4.79 Å². The Morgan fingerprint density at radius 2 is 2.11 bits per heavy atom. The van der Waals surface area contributed by atoms with Crippen LogP contribution in [0.2, 0.25) is 0 Å². The number of aliphatic hydroxyl groups is 1. The number of nitrogens with two attached hydrogens (primary N) is 1. The number of pyridine rings is 1. The van der Waals surface area contributed by atoms with Crippen LogP contribution in [-0.4, -0.2) is 16.0 Å². The number of hydrogen-bond donors (Lipinski definition) is 2. The first kappa shape index (κ1) is 13.0. The summed E-state index contributed by atoms with van der Waals surface area (Å²) in [5, 5.41) is 9.24. The Labute approximate surface area is 110 Å². The Bertz CT molecular complexity index is 611. The van der Waals surface area contributed by atoms with Crippen molar-refractivity contribution in [3.05, 3.63) is 53.2 Å². The average Bonchev–Trinajstić information content (AvgIpc) is 2.39. The number of para-hydroxylation sites is 1. The van der Waals surface area contributed by atoms with E-state index >= 15 is 0 Å². The summed E-state index contributed by atoms with van der Waals surface area (Å²) in [5.41, 5.74) is 6.88. The molecule has 1 heterocycles. The summed E-state index contributed by atoms with van der Waals surface area (Å²) >= 11 is 0. The van der Waals surface area contributed by atoms with E-state index in [1.54, 1.807) is 43.5 Å². The van der Waals surface area contributed by atoms with Gasteiger partial charge in [-0.15, -0.1) is 0 Å². The van der Waals surface area contributed by atoms with E-state index in [-0.39, 0.29) is 18.1 Å². The predicted octanol–water partition coefficient (Wildman–Crippen LogP) is 1.77. The lowest BCUT2D eigenvalue weighted by molar-refractivity contribution is 0.0997. The molecule has 2 rings (SSSR count). The average molecular weight is 258 g/mol. The summed E-state index contributed by atoms with van der Waals surface area (Å²) in [6, 6.07) is 8.67. The molecule has 1 aromatic heterocycles. The van der Waals surface area contributed by atoms with Crippen molar-refractivity contribution in [3.8, 4) is 11.6 Å². The molecule has 0 unspecified atom stereocenters. The van der Waals surface area contributed by atoms with Crippen molar-refractivity contribution >= 4 is 5.91 Å². The molecule has 0 saturated carbocycles. The van der Waals surface area contributed by atoms with Gasteiger partial charge in [0, 0.05) is 11.8 Å². The summed E-state index contributed by atoms with van der Waals surface area (Å²) in [6.07, 6.45) is 1.54. The molecule has 5 heteroatoms. The van der Waals surface area contributed by atoms with Gasteiger partial charge in [0.2, 0.25) is 5.88 Å². The highest BCUT2D eigenvalue weighted by atomic mass is 16.5. The maximum Gasteiger partial charge on any atom is 0.254 e. The second-order valence-corrected chi connectivity index (χ2v) is 4.04. The van der Waals surface area contributed by atoms with E-state index < -0.39 is 5.91 Å². The van der Waals surface area contributed by atoms with Crippen LogP contribution in [0.5, 0.6) is 11.6 Å². The zero-order valence-electron chi connectivity index (χ0n) is 10.5. The quantitative estimate of drug-likeness (QED) is 0.875. The lowest BCUT2D eigenvalue weighted by Gasteiger charge is -2.12. The zero-order chi connectivity index (χ0) is 13.8. The van der Waals surface area contributed by atoms with Crippen molar-refractivity contribution in [2.45, 2.75) is 13.5 Å². The van der Waals surface area contributed by atoms with Crippen molar-refractivity contribution in [2.24, 2.45) is 5.73 Å². The maximum atomic E-state index is 11.4. The molecule has 0 fully saturated rings. The number of carbonyl (C=O) groups is 1. The molecule has 0 bridgehead atoms. The summed E-state index contributed by atoms with van der Waals surface area (Å²) in [7, 11) is 0. The number of benzene rings is 1. The van der Waals surface area contributed by atoms with Gasteiger partial charge >= 0.3 is 0 Å². The molecule has 98 valence electrons. The van der Waals surface area contributed by atoms with Crippen LogP contribution in [0.4, 0.5) is 0 Å². The van der Waals surface area contributed by atoms with Crippen molar-refractivity contribution in [2.75, 3.05) is 0 Å². The van der Waals surface area contributed by atoms with Crippen LogP contribution in [0.1, 0.15) is 21.5 Å². The molecule has 0 atom stereocenters. The Morgan fingerprint density at radius 3 is 2.79 bits per heavy atom. The van der Waals surface area contributed by atoms with Crippen molar-refractivity contribution in [3.63, 3.8) is 0 Å². The normalized spacial score (nSPS) is 10.2. The fourth-order valence-electron chi connectivity index (χ4n) is 1.75. The molecule has 0 radical (unpaired) electrons. The first-order chi connectivity index (χ1) is 9.13. The number of rotatable bonds is 4. The number of ether oxygens (including phenoxy) is 1. The van der Waals surface area contributed by atoms with E-state index in [0.717, 1.165) is 0 Å². The minimum atomic E-state index is -0.595. The third-order valence-corrected chi connectivity index (χ3v) is 2.72. The van der Waals surface area contributed by atoms with Gasteiger partial charge in [-0.25, -0.2) is 4.98 Å². The number of nitrogens with zero attached hydrogens (tertiary/aromatic N) is 1. The highest BCUT2D eigenvalue weighted by Gasteiger charge is 2.15. The van der Waals surface area contributed by atoms with Gasteiger partial charge in [0.05, 0.1) is 6.61 Å². The van der Waals surface area contributed by atoms with Crippen LogP contribution in [0.3, 0.4) is 0 Å². The molecular formula is C14H14N2O3. The molecule has 19 heavy (non-hydrogen) atoms. The van der Waals surface area contributed by atoms with Crippen molar-refractivity contribution in [1.82, 2.24) is 4.98 Å². The van der Waals surface area contributed by atoms with Gasteiger partial charge in [0.1, 0.15) is 11.3 Å². The van der Waals surface area contributed by atoms with Crippen molar-refractivity contribution in [1.29, 1.82) is 0 Å². The third-order valence-electron chi connectivity index (χ3n) is 2.72. The number of hydrogen-bond acceptors (Lipinski definition) is 4. The van der Waals surface area contributed by atoms with E-state index in [1.165, 1.54) is 0 Å². The minimum absolute atomic E-state index is 0.147. The highest BCUT2D eigenvalue weighted by Crippen LogP contribution is 2.27. The number of carbonyl (C=O) groups excluding carboxylic acids is 1. The second-order valence-electron chi connectivity index (χ2n) is 4.04. The Balaban J connectivity index is 2.44. The van der Waals surface area contributed by atoms with Crippen LogP contribution < -0.4 is 10.5 Å². The largest absolute Gasteiger partial charge is 0.438 e. The highest BCUT2D eigenvalue weighted by molar-refractivity contribution is 5.96. The number of aryl methyl sites for hydroxylation is 1. The van der Waals surface area contributed by atoms with Gasteiger partial charge in [-0.1, -0.05) is 18.2 Å². The molecular weight excluding hydrogens is 244 g/mol. The summed E-state index contributed by atoms with van der Waals surface area (Å²) in [5.74, 6) is 0.001000. The van der Waals surface area contributed by atoms with Gasteiger partial charge in [0.15, 0.2) is 0 Å². The molecule has 1 aromatic carbocycles. The lowest BCUT2D eigenvalue weighted by atomic mass is 10.1. The molecule has 0 aliphatic heterocycles. The van der Waals surface area contributed by atoms with Gasteiger partial charge in [-0.2, -0.15) is 0 Å². The first-order valence-corrected chi connectivity index (χ1v) is 5.75. The maximum absolute atomic E-state index is 11.4. The lowest BCUT2D eigenvalue weighted by Crippen LogP contribution is -2.15. The number of aliphatic hydroxyl groups excluding tert-OH is 1. The monoisotopic (exact) mass is 258 g/mol. The number of primary amides is 1. The molecule has 1 amide bonds. The standard InChI is InChI=1S/C14H14N2O3/c1-9-6-7-16-14(12(9)13(15)18)19-11-5-3-2-4-10(11)8-17/h2-7,17H,8H2,1H3,(H2,15,18). The smallest absolute Gasteiger partial charge is 0.254 e. The van der Waals surface area contributed by atoms with E-state index in [0.29, 0.717) is 16.9 Å². The minimum Gasteiger partial charge on any atom is -0.438 e. The van der Waals surface area contributed by atoms with E-state index in [1.807, 2.05) is 0 Å². The number of aromatic nitrogens is 1. The van der Waals surface area contributed by atoms with Gasteiger partial charge in [-0.05, 0) is 24.6 Å². The topological polar surface area (TPSA) is 85.4 Å². The summed E-state index contributed by atoms with van der Waals surface area (Å²) in [4.78, 5) is 15.5. The Morgan fingerprint density at radius 1 is 1.37 bits per heavy atom. The van der Waals surface area contributed by atoms with Crippen LogP contribution in [-0.2, 0) is 6.61 Å². The molecule has 2 aromatic rings. The second kappa shape index (κ2) is 5.49. The summed E-state index contributed by atoms with van der Waals surface area (Å²) in [6.45, 7) is 1.60. The van der Waals surface area contributed by atoms with Gasteiger partial charge < -0.3 is 15.6 Å². The van der Waals surface area contributed by atoms with E-state index in [2.05, 4.69) is 4.98 Å². The van der Waals surface area contributed by atoms with E-state index in [4.69, 9.17) is 10.5 Å². The third kappa shape index (κ3) is 2.71. The van der Waals surface area contributed by atoms with Crippen LogP contribution >= 0.6 is 0 Å². The van der Waals surface area contributed by atoms with Gasteiger partial charge in [0.25, 0.3) is 5.91 Å². The molecule has 0 aliphatic rings. The van der Waals surface area contributed by atoms with Crippen molar-refractivity contribution < 1.29 is 14.6 Å². The molecule has 3 N–H and O–H groups in total. The Kier molecular flexibility index (Phi) is 3.77. The van der Waals surface area contributed by atoms with E-state index in [9.17, 15) is 9.90 Å². The number of amides is 1. The van der Waals surface area contributed by atoms with Crippen LogP contribution in [0.15, 0.2) is 36.5 Å². The predicted molar refractivity (Wildman–Crippen MR) is 69.9 cm³/mol. The Hall–Kier alpha value is -2.40. The molecule has 0 saturated heterocycles. The van der Waals surface area contributed by atoms with Crippen LogP contribution in [0, 0.1) is 6.92 Å². The molecule has 5 nitrogen and oxygen atoms in total. The fraction of sp³-hybridized carbons (Fsp3) is 0.143. The van der Waals surface area contributed by atoms with Crippen LogP contribution in [0.25, 0.3) is 0 Å². The SMILES string of the molecule is Cc1ccnc(Oc2ccccc2CO)c1C(N)=O. The molecule has 0 aliphatic carbocycles. The fourth-order valence-corrected chi connectivity index (χ4v) is 1.75.